The van der Waals surface area contributed by atoms with Gasteiger partial charge in [0.2, 0.25) is 0 Å². The fraction of sp³-hybridized carbons (Fsp3) is 0.114. The monoisotopic (exact) mass is 904 g/mol. The summed E-state index contributed by atoms with van der Waals surface area (Å²) >= 11 is 0. The Morgan fingerprint density at radius 3 is 0.758 bits per heavy atom. The average molecular weight is 905 g/mol. The van der Waals surface area contributed by atoms with Crippen LogP contribution >= 0.6 is 0 Å². The van der Waals surface area contributed by atoms with E-state index in [1.165, 1.54) is 29.2 Å². The summed E-state index contributed by atoms with van der Waals surface area (Å²) in [6, 6.07) is 54.2. The van der Waals surface area contributed by atoms with Crippen LogP contribution in [0.25, 0.3) is 0 Å². The maximum atomic E-state index is 9.75. The third-order valence-corrected chi connectivity index (χ3v) is 6.95. The van der Waals surface area contributed by atoms with Gasteiger partial charge in [0.15, 0.2) is 0 Å². The molecule has 325 valence electrons. The van der Waals surface area contributed by atoms with Crippen LogP contribution in [-0.2, 0) is 43.2 Å². The average Bonchev–Trinajstić information content (AvgIpc) is 3.22. The second-order valence-corrected chi connectivity index (χ2v) is 12.0. The molecule has 0 aliphatic carbocycles. The predicted octanol–water partition coefficient (Wildman–Crippen LogP) is 11.8. The zero-order chi connectivity index (χ0) is 44.6. The molecule has 62 heavy (non-hydrogen) atoms. The molecular formula is C44H41B2CuF8N7. The summed E-state index contributed by atoms with van der Waals surface area (Å²) in [6.07, 6.45) is 7.23. The summed E-state index contributed by atoms with van der Waals surface area (Å²) < 4.78 is 78.0. The molecule has 1 radical (unpaired) electrons. The van der Waals surface area contributed by atoms with E-state index in [0.29, 0.717) is 26.2 Å². The van der Waals surface area contributed by atoms with Crippen LogP contribution in [0.4, 0.5) is 34.5 Å². The van der Waals surface area contributed by atoms with Crippen LogP contribution in [-0.4, -0.2) is 49.3 Å². The van der Waals surface area contributed by atoms with Gasteiger partial charge < -0.3 is 34.5 Å². The van der Waals surface area contributed by atoms with Crippen molar-refractivity contribution in [2.75, 3.05) is 0 Å². The second kappa shape index (κ2) is 31.3. The number of hydrogen-bond acceptors (Lipinski definition) is 7. The minimum Gasteiger partial charge on any atom is -0.418 e. The van der Waals surface area contributed by atoms with Crippen molar-refractivity contribution in [3.05, 3.63) is 203 Å². The molecule has 0 spiro atoms. The second-order valence-electron chi connectivity index (χ2n) is 12.0. The Morgan fingerprint density at radius 1 is 0.403 bits per heavy atom. The number of benzene rings is 4. The summed E-state index contributed by atoms with van der Waals surface area (Å²) in [7, 11) is -12.0. The van der Waals surface area contributed by atoms with E-state index in [0.717, 1.165) is 22.8 Å². The Balaban J connectivity index is 0.000000478. The van der Waals surface area contributed by atoms with Gasteiger partial charge in [-0.15, -0.1) is 0 Å². The molecule has 0 saturated carbocycles. The number of aliphatic imine (C=N–C) groups is 4. The number of hydrogen-bond donors (Lipinski definition) is 0. The third-order valence-electron chi connectivity index (χ3n) is 6.95. The molecule has 0 aliphatic rings. The molecule has 18 heteroatoms. The number of nitrogens with zero attached hydrogens (tertiary/aromatic N) is 7. The fourth-order valence-electron chi connectivity index (χ4n) is 4.54. The molecule has 7 nitrogen and oxygen atoms in total. The zero-order valence-electron chi connectivity index (χ0n) is 33.3. The van der Waals surface area contributed by atoms with Crippen molar-refractivity contribution >= 4 is 39.4 Å². The molecule has 0 atom stereocenters. The molecule has 0 aliphatic heterocycles. The Labute approximate surface area is 366 Å². The van der Waals surface area contributed by atoms with Crippen molar-refractivity contribution in [1.29, 1.82) is 5.26 Å². The van der Waals surface area contributed by atoms with Crippen molar-refractivity contribution in [3.8, 4) is 6.07 Å². The summed E-state index contributed by atoms with van der Waals surface area (Å²) in [5.41, 5.74) is 8.13. The van der Waals surface area contributed by atoms with Crippen LogP contribution in [0.1, 0.15) is 52.0 Å². The van der Waals surface area contributed by atoms with Crippen LogP contribution in [0, 0.1) is 11.3 Å². The summed E-state index contributed by atoms with van der Waals surface area (Å²) in [5, 5.41) is 7.32. The molecule has 2 heterocycles. The van der Waals surface area contributed by atoms with Gasteiger partial charge in [0, 0.05) is 31.8 Å². The first kappa shape index (κ1) is 53.5. The van der Waals surface area contributed by atoms with Crippen molar-refractivity contribution < 1.29 is 51.6 Å². The summed E-state index contributed by atoms with van der Waals surface area (Å²) in [6.45, 7) is 4.08. The van der Waals surface area contributed by atoms with Gasteiger partial charge in [0.25, 0.3) is 0 Å². The topological polar surface area (TPSA) is 99.0 Å². The minimum absolute atomic E-state index is 0. The molecule has 2 aromatic heterocycles. The molecule has 0 amide bonds. The number of halogens is 8. The molecule has 6 aromatic rings. The molecule has 0 bridgehead atoms. The molecule has 0 fully saturated rings. The molecule has 4 aromatic carbocycles. The molecular weight excluding hydrogens is 864 g/mol. The van der Waals surface area contributed by atoms with Crippen LogP contribution in [0.2, 0.25) is 0 Å². The largest absolute Gasteiger partial charge is 2.00 e. The number of nitriles is 1. The van der Waals surface area contributed by atoms with Crippen molar-refractivity contribution in [2.45, 2.75) is 33.1 Å². The van der Waals surface area contributed by atoms with Gasteiger partial charge in [-0.25, -0.2) is 9.97 Å². The predicted molar refractivity (Wildman–Crippen MR) is 231 cm³/mol. The Hall–Kier alpha value is -6.56. The van der Waals surface area contributed by atoms with Crippen molar-refractivity contribution in [1.82, 2.24) is 9.97 Å². The van der Waals surface area contributed by atoms with E-state index in [1.807, 2.05) is 134 Å². The van der Waals surface area contributed by atoms with Crippen molar-refractivity contribution in [2.24, 2.45) is 20.0 Å². The van der Waals surface area contributed by atoms with Gasteiger partial charge in [0.05, 0.1) is 55.0 Å². The molecule has 0 saturated heterocycles. The Bertz CT molecular complexity index is 1940. The smallest absolute Gasteiger partial charge is 0.418 e. The minimum atomic E-state index is -6.00. The van der Waals surface area contributed by atoms with Gasteiger partial charge in [-0.05, 0) is 46.5 Å². The Morgan fingerprint density at radius 2 is 0.581 bits per heavy atom. The van der Waals surface area contributed by atoms with Crippen molar-refractivity contribution in [3.63, 3.8) is 0 Å². The number of pyridine rings is 2. The van der Waals surface area contributed by atoms with E-state index in [2.05, 4.69) is 78.5 Å². The van der Waals surface area contributed by atoms with E-state index >= 15 is 0 Å². The van der Waals surface area contributed by atoms with E-state index in [4.69, 9.17) is 5.26 Å². The van der Waals surface area contributed by atoms with E-state index in [-0.39, 0.29) is 17.1 Å². The van der Waals surface area contributed by atoms with Gasteiger partial charge >= 0.3 is 31.6 Å². The third kappa shape index (κ3) is 30.5. The van der Waals surface area contributed by atoms with Crippen LogP contribution in [0.3, 0.4) is 0 Å². The maximum Gasteiger partial charge on any atom is 2.00 e. The SMILES string of the molecule is C(=NCc1ccccc1)c1cccc(C=NCc2ccccc2)n1.C(=NCc1ccccc1)c1cccc(C=NCc2ccccc2)n1.CC#N.F[B-](F)(F)F.F[B-](F)(F)F.[Cu+2]. The first-order chi connectivity index (χ1) is 29.2. The van der Waals surface area contributed by atoms with Crippen LogP contribution in [0.15, 0.2) is 178 Å². The molecule has 0 unspecified atom stereocenters. The zero-order valence-corrected chi connectivity index (χ0v) is 34.2. The normalized spacial score (nSPS) is 10.8. The van der Waals surface area contributed by atoms with Crippen LogP contribution in [0.5, 0.6) is 0 Å². The van der Waals surface area contributed by atoms with E-state index < -0.39 is 14.5 Å². The Kier molecular flexibility index (Phi) is 27.0. The fourth-order valence-corrected chi connectivity index (χ4v) is 4.54. The summed E-state index contributed by atoms with van der Waals surface area (Å²) in [4.78, 5) is 26.9. The summed E-state index contributed by atoms with van der Waals surface area (Å²) in [5.74, 6) is 0. The first-order valence-electron chi connectivity index (χ1n) is 18.4. The van der Waals surface area contributed by atoms with Crippen LogP contribution < -0.4 is 0 Å². The first-order valence-corrected chi connectivity index (χ1v) is 18.4. The van der Waals surface area contributed by atoms with Gasteiger partial charge in [-0.1, -0.05) is 133 Å². The maximum absolute atomic E-state index is 9.75. The standard InChI is InChI=1S/2C21H19N3.C2H3N.2BF4.Cu/c2*1-3-8-18(9-4-1)14-22-16-20-12-7-13-21(24-20)17-23-15-19-10-5-2-6-11-19;1-2-3;2*2-1(3,4)5;/h2*1-13,16-17H,14-15H2;1H3;;;/q;;;2*-1;+2. The molecule has 6 rings (SSSR count). The number of rotatable bonds is 12. The van der Waals surface area contributed by atoms with Gasteiger partial charge in [-0.2, -0.15) is 5.26 Å². The quantitative estimate of drug-likeness (QED) is 0.0695. The number of aromatic nitrogens is 2. The van der Waals surface area contributed by atoms with Gasteiger partial charge in [0.1, 0.15) is 0 Å². The van der Waals surface area contributed by atoms with Gasteiger partial charge in [-0.3, -0.25) is 20.0 Å². The van der Waals surface area contributed by atoms with E-state index in [1.54, 1.807) is 6.07 Å². The molecule has 0 N–H and O–H groups in total. The van der Waals surface area contributed by atoms with E-state index in [9.17, 15) is 34.5 Å².